The summed E-state index contributed by atoms with van der Waals surface area (Å²) in [6.07, 6.45) is 0. The number of guanidine groups is 1. The van der Waals surface area contributed by atoms with Crippen molar-refractivity contribution in [3.8, 4) is 0 Å². The van der Waals surface area contributed by atoms with E-state index >= 15 is 0 Å². The number of aliphatic imine (C=N–C) groups is 1. The number of aryl methyl sites for hydroxylation is 1. The van der Waals surface area contributed by atoms with Gasteiger partial charge in [0.2, 0.25) is 0 Å². The standard InChI is InChI=1S/C21H35N5O/c1-18-5-4-6-20(15-18)25-7-9-26(10-8-25)21(22-3)23-16-19(2)17-24-11-13-27-14-12-24/h4-6,15,19H,7-14,16-17H2,1-3H3,(H,22,23). The highest BCUT2D eigenvalue weighted by molar-refractivity contribution is 5.80. The molecule has 1 N–H and O–H groups in total. The summed E-state index contributed by atoms with van der Waals surface area (Å²) in [7, 11) is 1.89. The highest BCUT2D eigenvalue weighted by Crippen LogP contribution is 2.17. The van der Waals surface area contributed by atoms with E-state index in [2.05, 4.69) is 63.1 Å². The lowest BCUT2D eigenvalue weighted by Gasteiger charge is -2.38. The molecule has 0 bridgehead atoms. The zero-order valence-electron chi connectivity index (χ0n) is 17.2. The number of nitrogens with one attached hydrogen (secondary N) is 1. The van der Waals surface area contributed by atoms with Gasteiger partial charge in [-0.3, -0.25) is 9.89 Å². The fourth-order valence-corrected chi connectivity index (χ4v) is 3.89. The Balaban J connectivity index is 1.43. The Labute approximate surface area is 164 Å². The van der Waals surface area contributed by atoms with Crippen LogP contribution in [0.4, 0.5) is 5.69 Å². The first-order valence-electron chi connectivity index (χ1n) is 10.2. The van der Waals surface area contributed by atoms with Gasteiger partial charge in [-0.25, -0.2) is 0 Å². The van der Waals surface area contributed by atoms with E-state index in [1.807, 2.05) is 7.05 Å². The molecule has 2 saturated heterocycles. The van der Waals surface area contributed by atoms with Gasteiger partial charge in [0.05, 0.1) is 13.2 Å². The maximum absolute atomic E-state index is 5.44. The molecule has 0 amide bonds. The minimum atomic E-state index is 0.591. The van der Waals surface area contributed by atoms with Crippen molar-refractivity contribution in [2.45, 2.75) is 13.8 Å². The van der Waals surface area contributed by atoms with E-state index in [1.54, 1.807) is 0 Å². The van der Waals surface area contributed by atoms with Gasteiger partial charge in [-0.2, -0.15) is 0 Å². The normalized spacial score (nSPS) is 20.6. The van der Waals surface area contributed by atoms with Crippen LogP contribution < -0.4 is 10.2 Å². The van der Waals surface area contributed by atoms with Crippen LogP contribution in [0.25, 0.3) is 0 Å². The topological polar surface area (TPSA) is 43.3 Å². The summed E-state index contributed by atoms with van der Waals surface area (Å²) in [5.41, 5.74) is 2.65. The second-order valence-corrected chi connectivity index (χ2v) is 7.76. The summed E-state index contributed by atoms with van der Waals surface area (Å²) >= 11 is 0. The highest BCUT2D eigenvalue weighted by Gasteiger charge is 2.20. The summed E-state index contributed by atoms with van der Waals surface area (Å²) in [6.45, 7) is 14.5. The molecule has 6 heteroatoms. The van der Waals surface area contributed by atoms with Gasteiger partial charge in [-0.1, -0.05) is 19.1 Å². The molecule has 0 saturated carbocycles. The smallest absolute Gasteiger partial charge is 0.193 e. The minimum absolute atomic E-state index is 0.591. The molecule has 150 valence electrons. The van der Waals surface area contributed by atoms with Crippen LogP contribution in [0.15, 0.2) is 29.3 Å². The van der Waals surface area contributed by atoms with Gasteiger partial charge in [0, 0.05) is 65.1 Å². The summed E-state index contributed by atoms with van der Waals surface area (Å²) < 4.78 is 5.44. The molecule has 6 nitrogen and oxygen atoms in total. The summed E-state index contributed by atoms with van der Waals surface area (Å²) in [4.78, 5) is 11.9. The summed E-state index contributed by atoms with van der Waals surface area (Å²) in [5.74, 6) is 1.63. The van der Waals surface area contributed by atoms with Crippen molar-refractivity contribution in [1.29, 1.82) is 0 Å². The fraction of sp³-hybridized carbons (Fsp3) is 0.667. The zero-order chi connectivity index (χ0) is 19.1. The van der Waals surface area contributed by atoms with Crippen molar-refractivity contribution in [1.82, 2.24) is 15.1 Å². The SMILES string of the molecule is CN=C(NCC(C)CN1CCOCC1)N1CCN(c2cccc(C)c2)CC1. The number of hydrogen-bond acceptors (Lipinski definition) is 4. The third-order valence-electron chi connectivity index (χ3n) is 5.44. The summed E-state index contributed by atoms with van der Waals surface area (Å²) in [6, 6.07) is 8.79. The minimum Gasteiger partial charge on any atom is -0.379 e. The first-order valence-corrected chi connectivity index (χ1v) is 10.2. The number of anilines is 1. The first-order chi connectivity index (χ1) is 13.2. The average Bonchev–Trinajstić information content (AvgIpc) is 2.70. The monoisotopic (exact) mass is 373 g/mol. The van der Waals surface area contributed by atoms with Crippen LogP contribution in [-0.2, 0) is 4.74 Å². The number of rotatable bonds is 5. The second-order valence-electron chi connectivity index (χ2n) is 7.76. The molecule has 0 aromatic heterocycles. The van der Waals surface area contributed by atoms with E-state index in [0.717, 1.165) is 71.5 Å². The van der Waals surface area contributed by atoms with Crippen LogP contribution in [0.3, 0.4) is 0 Å². The lowest BCUT2D eigenvalue weighted by molar-refractivity contribution is 0.0320. The molecule has 2 heterocycles. The second kappa shape index (κ2) is 9.95. The Morgan fingerprint density at radius 2 is 1.89 bits per heavy atom. The number of ether oxygens (including phenoxy) is 1. The van der Waals surface area contributed by atoms with Crippen molar-refractivity contribution in [2.24, 2.45) is 10.9 Å². The van der Waals surface area contributed by atoms with Crippen LogP contribution in [-0.4, -0.2) is 88.4 Å². The van der Waals surface area contributed by atoms with Crippen molar-refractivity contribution in [3.05, 3.63) is 29.8 Å². The van der Waals surface area contributed by atoms with E-state index in [1.165, 1.54) is 11.3 Å². The number of benzene rings is 1. The van der Waals surface area contributed by atoms with E-state index < -0.39 is 0 Å². The van der Waals surface area contributed by atoms with Gasteiger partial charge >= 0.3 is 0 Å². The predicted molar refractivity (Wildman–Crippen MR) is 113 cm³/mol. The zero-order valence-corrected chi connectivity index (χ0v) is 17.2. The number of nitrogens with zero attached hydrogens (tertiary/aromatic N) is 4. The van der Waals surface area contributed by atoms with E-state index in [4.69, 9.17) is 4.74 Å². The molecule has 1 unspecified atom stereocenters. The predicted octanol–water partition coefficient (Wildman–Crippen LogP) is 1.66. The van der Waals surface area contributed by atoms with E-state index in [-0.39, 0.29) is 0 Å². The third kappa shape index (κ3) is 5.84. The number of morpholine rings is 1. The van der Waals surface area contributed by atoms with Gasteiger partial charge in [-0.05, 0) is 30.5 Å². The molecular formula is C21H35N5O. The quantitative estimate of drug-likeness (QED) is 0.628. The molecule has 0 radical (unpaired) electrons. The molecule has 2 aliphatic rings. The Morgan fingerprint density at radius 3 is 2.56 bits per heavy atom. The molecule has 2 aliphatic heterocycles. The maximum Gasteiger partial charge on any atom is 0.193 e. The van der Waals surface area contributed by atoms with E-state index in [9.17, 15) is 0 Å². The van der Waals surface area contributed by atoms with Crippen molar-refractivity contribution in [2.75, 3.05) is 77.5 Å². The maximum atomic E-state index is 5.44. The molecule has 0 spiro atoms. The molecule has 1 aromatic carbocycles. The Bertz CT molecular complexity index is 606. The molecule has 0 aliphatic carbocycles. The number of piperazine rings is 1. The first kappa shape index (κ1) is 20.0. The Kier molecular flexibility index (Phi) is 7.35. The lowest BCUT2D eigenvalue weighted by atomic mass is 10.1. The van der Waals surface area contributed by atoms with Gasteiger partial charge in [0.25, 0.3) is 0 Å². The van der Waals surface area contributed by atoms with Crippen LogP contribution in [0.1, 0.15) is 12.5 Å². The van der Waals surface area contributed by atoms with Crippen molar-refractivity contribution in [3.63, 3.8) is 0 Å². The largest absolute Gasteiger partial charge is 0.379 e. The van der Waals surface area contributed by atoms with Crippen molar-refractivity contribution >= 4 is 11.6 Å². The molecule has 27 heavy (non-hydrogen) atoms. The Morgan fingerprint density at radius 1 is 1.15 bits per heavy atom. The lowest BCUT2D eigenvalue weighted by Crippen LogP contribution is -2.53. The van der Waals surface area contributed by atoms with Crippen molar-refractivity contribution < 1.29 is 4.74 Å². The average molecular weight is 374 g/mol. The van der Waals surface area contributed by atoms with Crippen LogP contribution >= 0.6 is 0 Å². The highest BCUT2D eigenvalue weighted by atomic mass is 16.5. The van der Waals surface area contributed by atoms with Gasteiger partial charge < -0.3 is 19.9 Å². The molecule has 1 aromatic rings. The molecule has 1 atom stereocenters. The fourth-order valence-electron chi connectivity index (χ4n) is 3.89. The number of hydrogen-bond donors (Lipinski definition) is 1. The molecule has 2 fully saturated rings. The Hall–Kier alpha value is -1.79. The van der Waals surface area contributed by atoms with Crippen LogP contribution in [0, 0.1) is 12.8 Å². The van der Waals surface area contributed by atoms with Gasteiger partial charge in [0.15, 0.2) is 5.96 Å². The van der Waals surface area contributed by atoms with Gasteiger partial charge in [-0.15, -0.1) is 0 Å². The van der Waals surface area contributed by atoms with E-state index in [0.29, 0.717) is 5.92 Å². The third-order valence-corrected chi connectivity index (χ3v) is 5.44. The summed E-state index contributed by atoms with van der Waals surface area (Å²) in [5, 5.41) is 3.59. The van der Waals surface area contributed by atoms with Gasteiger partial charge in [0.1, 0.15) is 0 Å². The van der Waals surface area contributed by atoms with Crippen LogP contribution in [0.5, 0.6) is 0 Å². The van der Waals surface area contributed by atoms with Crippen LogP contribution in [0.2, 0.25) is 0 Å². The molecular weight excluding hydrogens is 338 g/mol. The molecule has 3 rings (SSSR count).